The molecule has 3 aromatic rings. The number of hydrogen-bond donors (Lipinski definition) is 1. The number of hydrogen-bond acceptors (Lipinski definition) is 7. The number of carbonyl (C=O) groups is 1. The molecule has 0 radical (unpaired) electrons. The second kappa shape index (κ2) is 7.11. The first-order valence-electron chi connectivity index (χ1n) is 10.1. The molecule has 0 atom stereocenters. The smallest absolute Gasteiger partial charge is 0.262 e. The molecule has 0 bridgehead atoms. The van der Waals surface area contributed by atoms with Gasteiger partial charge in [0.25, 0.3) is 5.91 Å². The first-order valence-corrected chi connectivity index (χ1v) is 10.9. The van der Waals surface area contributed by atoms with Gasteiger partial charge in [0.05, 0.1) is 16.1 Å². The van der Waals surface area contributed by atoms with E-state index in [-0.39, 0.29) is 16.7 Å². The number of nitrogens with one attached hydrogen (secondary N) is 1. The minimum atomic E-state index is -0.788. The summed E-state index contributed by atoms with van der Waals surface area (Å²) in [5.41, 5.74) is 0.581. The molecule has 162 valence electrons. The number of carbonyl (C=O) groups excluding carboxylic acids is 1. The SMILES string of the molecule is Cc1nc(C(C)(C)C)nc2sc(C(=O)NC(C)(C)c3noc(C(C)(C)C)n3)c(C)c12. The normalized spacial score (nSPS) is 13.1. The molecule has 3 rings (SSSR count). The molecule has 1 N–H and O–H groups in total. The molecule has 3 aromatic heterocycles. The molecular formula is C22H31N5O2S. The molecule has 30 heavy (non-hydrogen) atoms. The topological polar surface area (TPSA) is 93.8 Å². The number of amides is 1. The maximum Gasteiger partial charge on any atom is 0.262 e. The monoisotopic (exact) mass is 429 g/mol. The molecule has 8 heteroatoms. The van der Waals surface area contributed by atoms with Gasteiger partial charge in [-0.15, -0.1) is 11.3 Å². The molecule has 0 spiro atoms. The molecule has 0 aromatic carbocycles. The first-order chi connectivity index (χ1) is 13.6. The number of thiophene rings is 1. The van der Waals surface area contributed by atoms with E-state index in [0.717, 1.165) is 27.3 Å². The summed E-state index contributed by atoms with van der Waals surface area (Å²) in [6, 6.07) is 0. The minimum Gasteiger partial charge on any atom is -0.339 e. The third-order valence-corrected chi connectivity index (χ3v) is 6.09. The predicted molar refractivity (Wildman–Crippen MR) is 119 cm³/mol. The zero-order valence-electron chi connectivity index (χ0n) is 19.5. The van der Waals surface area contributed by atoms with Gasteiger partial charge in [-0.05, 0) is 33.3 Å². The Kier molecular flexibility index (Phi) is 5.30. The summed E-state index contributed by atoms with van der Waals surface area (Å²) in [7, 11) is 0. The van der Waals surface area contributed by atoms with Crippen molar-refractivity contribution in [2.75, 3.05) is 0 Å². The Hall–Kier alpha value is -2.35. The summed E-state index contributed by atoms with van der Waals surface area (Å²) < 4.78 is 5.41. The molecule has 0 aliphatic carbocycles. The van der Waals surface area contributed by atoms with E-state index < -0.39 is 5.54 Å². The second-order valence-corrected chi connectivity index (χ2v) is 11.4. The third kappa shape index (κ3) is 4.10. The van der Waals surface area contributed by atoms with Crippen molar-refractivity contribution >= 4 is 27.5 Å². The van der Waals surface area contributed by atoms with Crippen LogP contribution in [-0.4, -0.2) is 26.0 Å². The summed E-state index contributed by atoms with van der Waals surface area (Å²) in [4.78, 5) is 28.6. The van der Waals surface area contributed by atoms with Crippen LogP contribution in [-0.2, 0) is 16.4 Å². The fraction of sp³-hybridized carbons (Fsp3) is 0.591. The van der Waals surface area contributed by atoms with Crippen LogP contribution >= 0.6 is 11.3 Å². The lowest BCUT2D eigenvalue weighted by atomic mass is 9.95. The van der Waals surface area contributed by atoms with Crippen molar-refractivity contribution in [2.24, 2.45) is 0 Å². The summed E-state index contributed by atoms with van der Waals surface area (Å²) in [6.07, 6.45) is 0. The lowest BCUT2D eigenvalue weighted by molar-refractivity contribution is 0.0911. The Bertz CT molecular complexity index is 1110. The van der Waals surface area contributed by atoms with E-state index in [1.54, 1.807) is 0 Å². The highest BCUT2D eigenvalue weighted by atomic mass is 32.1. The fourth-order valence-corrected chi connectivity index (χ4v) is 4.20. The zero-order valence-corrected chi connectivity index (χ0v) is 20.3. The van der Waals surface area contributed by atoms with E-state index in [1.807, 2.05) is 48.5 Å². The largest absolute Gasteiger partial charge is 0.339 e. The number of nitrogens with zero attached hydrogens (tertiary/aromatic N) is 4. The van der Waals surface area contributed by atoms with Crippen LogP contribution in [0, 0.1) is 13.8 Å². The van der Waals surface area contributed by atoms with Gasteiger partial charge in [0.15, 0.2) is 5.82 Å². The molecular weight excluding hydrogens is 398 g/mol. The van der Waals surface area contributed by atoms with Crippen LogP contribution < -0.4 is 5.32 Å². The van der Waals surface area contributed by atoms with Gasteiger partial charge in [-0.1, -0.05) is 46.7 Å². The fourth-order valence-electron chi connectivity index (χ4n) is 3.07. The second-order valence-electron chi connectivity index (χ2n) is 10.4. The van der Waals surface area contributed by atoms with Gasteiger partial charge in [0, 0.05) is 16.2 Å². The maximum absolute atomic E-state index is 13.2. The zero-order chi connectivity index (χ0) is 22.6. The number of fused-ring (bicyclic) bond motifs is 1. The van der Waals surface area contributed by atoms with Crippen LogP contribution in [0.1, 0.15) is 93.9 Å². The average Bonchev–Trinajstić information content (AvgIpc) is 3.19. The van der Waals surface area contributed by atoms with Gasteiger partial charge in [-0.3, -0.25) is 4.79 Å². The average molecular weight is 430 g/mol. The third-order valence-electron chi connectivity index (χ3n) is 4.90. The molecule has 1 amide bonds. The first kappa shape index (κ1) is 22.3. The van der Waals surface area contributed by atoms with E-state index in [4.69, 9.17) is 9.51 Å². The standard InChI is InChI=1S/C22H31N5O2S/c1-11-13-12(2)23-17(20(3,4)5)24-16(13)30-14(11)15(28)26-22(9,10)18-25-19(29-27-18)21(6,7)8/h1-10H3,(H,26,28). The van der Waals surface area contributed by atoms with Crippen LogP contribution in [0.4, 0.5) is 0 Å². The lowest BCUT2D eigenvalue weighted by Gasteiger charge is -2.22. The Morgan fingerprint density at radius 3 is 2.07 bits per heavy atom. The van der Waals surface area contributed by atoms with E-state index in [9.17, 15) is 4.79 Å². The molecule has 0 saturated carbocycles. The van der Waals surface area contributed by atoms with Crippen molar-refractivity contribution in [1.29, 1.82) is 0 Å². The minimum absolute atomic E-state index is 0.162. The van der Waals surface area contributed by atoms with Gasteiger partial charge >= 0.3 is 0 Å². The molecule has 7 nitrogen and oxygen atoms in total. The summed E-state index contributed by atoms with van der Waals surface area (Å²) in [5, 5.41) is 8.11. The van der Waals surface area contributed by atoms with E-state index in [1.165, 1.54) is 11.3 Å². The Morgan fingerprint density at radius 1 is 0.900 bits per heavy atom. The summed E-state index contributed by atoms with van der Waals surface area (Å²) >= 11 is 1.39. The van der Waals surface area contributed by atoms with E-state index in [2.05, 4.69) is 41.2 Å². The summed E-state index contributed by atoms with van der Waals surface area (Å²) in [5.74, 6) is 1.59. The highest BCUT2D eigenvalue weighted by molar-refractivity contribution is 7.20. The van der Waals surface area contributed by atoms with Gasteiger partial charge in [-0.25, -0.2) is 9.97 Å². The van der Waals surface area contributed by atoms with Gasteiger partial charge < -0.3 is 9.84 Å². The highest BCUT2D eigenvalue weighted by Crippen LogP contribution is 2.34. The van der Waals surface area contributed by atoms with Crippen molar-refractivity contribution < 1.29 is 9.32 Å². The molecule has 0 saturated heterocycles. The van der Waals surface area contributed by atoms with Gasteiger partial charge in [-0.2, -0.15) is 4.98 Å². The number of aromatic nitrogens is 4. The molecule has 3 heterocycles. The Balaban J connectivity index is 1.96. The van der Waals surface area contributed by atoms with Crippen molar-refractivity contribution in [3.05, 3.63) is 33.7 Å². The van der Waals surface area contributed by atoms with Crippen LogP contribution in [0.25, 0.3) is 10.2 Å². The lowest BCUT2D eigenvalue weighted by Crippen LogP contribution is -2.41. The van der Waals surface area contributed by atoms with Crippen LogP contribution in [0.3, 0.4) is 0 Å². The highest BCUT2D eigenvalue weighted by Gasteiger charge is 2.33. The maximum atomic E-state index is 13.2. The number of aryl methyl sites for hydroxylation is 2. The summed E-state index contributed by atoms with van der Waals surface area (Å²) in [6.45, 7) is 19.9. The molecule has 0 aliphatic heterocycles. The van der Waals surface area contributed by atoms with Crippen LogP contribution in [0.5, 0.6) is 0 Å². The van der Waals surface area contributed by atoms with Crippen LogP contribution in [0.2, 0.25) is 0 Å². The van der Waals surface area contributed by atoms with Gasteiger partial charge in [0.1, 0.15) is 10.7 Å². The van der Waals surface area contributed by atoms with Crippen molar-refractivity contribution in [3.8, 4) is 0 Å². The Morgan fingerprint density at radius 2 is 1.53 bits per heavy atom. The van der Waals surface area contributed by atoms with E-state index >= 15 is 0 Å². The molecule has 0 unspecified atom stereocenters. The number of rotatable bonds is 3. The van der Waals surface area contributed by atoms with Crippen molar-refractivity contribution in [2.45, 2.75) is 85.6 Å². The Labute approximate surface area is 181 Å². The van der Waals surface area contributed by atoms with Gasteiger partial charge in [0.2, 0.25) is 5.89 Å². The predicted octanol–water partition coefficient (Wildman–Crippen LogP) is 4.95. The quantitative estimate of drug-likeness (QED) is 0.633. The van der Waals surface area contributed by atoms with E-state index in [0.29, 0.717) is 16.6 Å². The van der Waals surface area contributed by atoms with Crippen LogP contribution in [0.15, 0.2) is 4.52 Å². The molecule has 0 fully saturated rings. The van der Waals surface area contributed by atoms with Crippen molar-refractivity contribution in [3.63, 3.8) is 0 Å². The molecule has 0 aliphatic rings. The van der Waals surface area contributed by atoms with Crippen molar-refractivity contribution in [1.82, 2.24) is 25.4 Å².